The van der Waals surface area contributed by atoms with E-state index in [-0.39, 0.29) is 76.4 Å². The maximum Gasteiger partial charge on any atom is 0.327 e. The number of amides is 4. The lowest BCUT2D eigenvalue weighted by atomic mass is 9.86. The number of H-pyrrole nitrogens is 2. The lowest BCUT2D eigenvalue weighted by Crippen LogP contribution is -2.37. The number of nitrogens with zero attached hydrogens (tertiary/aromatic N) is 4. The second-order valence-electron chi connectivity index (χ2n) is 21.3. The Morgan fingerprint density at radius 2 is 0.795 bits per heavy atom. The number of hydrogen-bond donors (Lipinski definition) is 4. The molecule has 0 aliphatic carbocycles. The first-order valence-electron chi connectivity index (χ1n) is 26.2. The molecular formula is C63H60Cl4N8O8. The third-order valence-electron chi connectivity index (χ3n) is 13.8. The smallest absolute Gasteiger partial charge is 0.327 e. The molecule has 9 rings (SSSR count). The second-order valence-corrected chi connectivity index (χ2v) is 22.9. The number of aromatic nitrogens is 4. The maximum absolute atomic E-state index is 16.1. The molecule has 0 atom stereocenters. The van der Waals surface area contributed by atoms with Crippen LogP contribution in [0.15, 0.2) is 161 Å². The van der Waals surface area contributed by atoms with Crippen LogP contribution in [0.4, 0.5) is 32.6 Å². The molecule has 4 N–H and O–H groups in total. The van der Waals surface area contributed by atoms with E-state index >= 15 is 9.59 Å². The predicted octanol–water partition coefficient (Wildman–Crippen LogP) is 15.6. The SMILES string of the molecule is CNC(=O)N(c1ccc(Oc2ccc(C(C)(C)C)cc2)cc1)c1[nH]n(-c2c(Cl)cc(OC)cc2Cl)c(=O)c1C(c1ccccc1)c1c(N(C(=O)NC)c2ccc(Oc3ccc(C(C)(C)C)cc3)cc2)[nH]n(-c2c(Cl)cc(OC)cc2Cl)c1=O. The zero-order valence-corrected chi connectivity index (χ0v) is 50.1. The number of benzene rings is 7. The number of carbonyl (C=O) groups excluding carboxylic acids is 2. The van der Waals surface area contributed by atoms with Gasteiger partial charge in [-0.3, -0.25) is 19.8 Å². The van der Waals surface area contributed by atoms with Crippen LogP contribution < -0.4 is 50.5 Å². The van der Waals surface area contributed by atoms with Gasteiger partial charge in [0.15, 0.2) is 0 Å². The summed E-state index contributed by atoms with van der Waals surface area (Å²) < 4.78 is 25.7. The summed E-state index contributed by atoms with van der Waals surface area (Å²) in [5, 5.41) is 11.8. The van der Waals surface area contributed by atoms with Gasteiger partial charge in [-0.25, -0.2) is 28.8 Å². The molecule has 16 nitrogen and oxygen atoms in total. The molecule has 2 aromatic heterocycles. The molecule has 20 heteroatoms. The molecule has 2 heterocycles. The van der Waals surface area contributed by atoms with Gasteiger partial charge in [0.1, 0.15) is 57.5 Å². The standard InChI is InChI=1S/C63H60Cl4N8O8/c1-62(2,3)37-16-24-41(25-17-37)82-43-28-20-39(21-29-43)72(60(78)68-7)56-52(58(76)74(70-56)54-47(64)32-45(80-9)33-48(54)65)51(36-14-12-11-13-15-36)53-57(71-75(59(53)77)55-49(66)34-46(81-10)35-50(55)67)73(61(79)69-8)40-22-30-44(31-23-40)83-42-26-18-38(19-27-42)63(4,5)6/h11-35,51,70-71H,1-10H3,(H,68,78)(H,69,79). The minimum absolute atomic E-state index is 0.00999. The van der Waals surface area contributed by atoms with E-state index in [0.717, 1.165) is 20.5 Å². The second kappa shape index (κ2) is 24.1. The highest BCUT2D eigenvalue weighted by Crippen LogP contribution is 2.44. The Morgan fingerprint density at radius 3 is 1.08 bits per heavy atom. The quantitative estimate of drug-likeness (QED) is 0.0784. The molecule has 9 aromatic rings. The summed E-state index contributed by atoms with van der Waals surface area (Å²) in [7, 11) is 5.74. The average molecular weight is 1200 g/mol. The molecule has 0 radical (unpaired) electrons. The molecule has 0 aliphatic heterocycles. The first kappa shape index (κ1) is 59.1. The highest BCUT2D eigenvalue weighted by atomic mass is 35.5. The number of nitrogens with one attached hydrogen (secondary N) is 4. The Balaban J connectivity index is 1.31. The number of carbonyl (C=O) groups is 2. The lowest BCUT2D eigenvalue weighted by Gasteiger charge is -2.27. The van der Waals surface area contributed by atoms with Gasteiger partial charge in [0.25, 0.3) is 11.1 Å². The highest BCUT2D eigenvalue weighted by molar-refractivity contribution is 6.38. The molecule has 0 unspecified atom stereocenters. The Labute approximate surface area is 500 Å². The molecule has 0 saturated heterocycles. The number of aromatic amines is 2. The number of hydrogen-bond acceptors (Lipinski definition) is 8. The summed E-state index contributed by atoms with van der Waals surface area (Å²) in [6.45, 7) is 12.8. The molecule has 0 spiro atoms. The van der Waals surface area contributed by atoms with E-state index in [2.05, 4.69) is 62.4 Å². The third-order valence-corrected chi connectivity index (χ3v) is 15.0. The minimum atomic E-state index is -1.49. The first-order chi connectivity index (χ1) is 39.5. The van der Waals surface area contributed by atoms with E-state index in [1.54, 1.807) is 78.9 Å². The number of methoxy groups -OCH3 is 2. The van der Waals surface area contributed by atoms with Crippen molar-refractivity contribution in [3.8, 4) is 45.9 Å². The van der Waals surface area contributed by atoms with Crippen molar-refractivity contribution in [2.75, 3.05) is 38.1 Å². The molecule has 0 saturated carbocycles. The fourth-order valence-corrected chi connectivity index (χ4v) is 10.8. The number of halogens is 4. The molecule has 4 amide bonds. The van der Waals surface area contributed by atoms with Gasteiger partial charge in [0.05, 0.1) is 62.7 Å². The maximum atomic E-state index is 16.1. The third kappa shape index (κ3) is 12.2. The monoisotopic (exact) mass is 1200 g/mol. The summed E-state index contributed by atoms with van der Waals surface area (Å²) in [6.07, 6.45) is 0. The van der Waals surface area contributed by atoms with E-state index in [1.807, 2.05) is 48.5 Å². The van der Waals surface area contributed by atoms with Crippen molar-refractivity contribution in [1.82, 2.24) is 30.2 Å². The minimum Gasteiger partial charge on any atom is -0.497 e. The lowest BCUT2D eigenvalue weighted by molar-refractivity contribution is 0.249. The Morgan fingerprint density at radius 1 is 0.482 bits per heavy atom. The van der Waals surface area contributed by atoms with Gasteiger partial charge < -0.3 is 29.6 Å². The number of ether oxygens (including phenoxy) is 4. The Kier molecular flexibility index (Phi) is 17.2. The summed E-state index contributed by atoms with van der Waals surface area (Å²) in [4.78, 5) is 64.3. The van der Waals surface area contributed by atoms with E-state index in [4.69, 9.17) is 65.4 Å². The van der Waals surface area contributed by atoms with Gasteiger partial charge in [0, 0.05) is 38.4 Å². The predicted molar refractivity (Wildman–Crippen MR) is 330 cm³/mol. The zero-order valence-electron chi connectivity index (χ0n) is 47.1. The van der Waals surface area contributed by atoms with Gasteiger partial charge in [-0.15, -0.1) is 0 Å². The van der Waals surface area contributed by atoms with Crippen molar-refractivity contribution < 1.29 is 28.5 Å². The molecule has 83 heavy (non-hydrogen) atoms. The van der Waals surface area contributed by atoms with Crippen LogP contribution in [0.25, 0.3) is 11.4 Å². The summed E-state index contributed by atoms with van der Waals surface area (Å²) in [5.74, 6) is 0.869. The van der Waals surface area contributed by atoms with Crippen molar-refractivity contribution in [2.45, 2.75) is 58.3 Å². The summed E-state index contributed by atoms with van der Waals surface area (Å²) in [6, 6.07) is 41.9. The first-order valence-corrected chi connectivity index (χ1v) is 27.7. The molecule has 428 valence electrons. The van der Waals surface area contributed by atoms with Crippen molar-refractivity contribution in [3.05, 3.63) is 220 Å². The normalized spacial score (nSPS) is 11.6. The highest BCUT2D eigenvalue weighted by Gasteiger charge is 2.40. The van der Waals surface area contributed by atoms with Crippen molar-refractivity contribution in [3.63, 3.8) is 0 Å². The van der Waals surface area contributed by atoms with Crippen molar-refractivity contribution >= 4 is 81.5 Å². The number of rotatable bonds is 15. The van der Waals surface area contributed by atoms with Gasteiger partial charge in [-0.1, -0.05) is 143 Å². The number of anilines is 4. The topological polar surface area (TPSA) is 177 Å². The molecule has 0 fully saturated rings. The fourth-order valence-electron chi connectivity index (χ4n) is 9.49. The largest absolute Gasteiger partial charge is 0.497 e. The average Bonchev–Trinajstić information content (AvgIpc) is 4.14. The van der Waals surface area contributed by atoms with Crippen LogP contribution in [0.2, 0.25) is 20.1 Å². The molecule has 0 aliphatic rings. The zero-order chi connectivity index (χ0) is 59.7. The van der Waals surface area contributed by atoms with Gasteiger partial charge >= 0.3 is 12.1 Å². The Hall–Kier alpha value is -8.54. The molecule has 0 bridgehead atoms. The van der Waals surface area contributed by atoms with Gasteiger partial charge in [-0.05, 0) is 100 Å². The number of urea groups is 2. The summed E-state index contributed by atoms with van der Waals surface area (Å²) >= 11 is 28.0. The molecule has 7 aromatic carbocycles. The van der Waals surface area contributed by atoms with Crippen LogP contribution in [0.1, 0.15) is 75.3 Å². The fraction of sp³-hybridized carbons (Fsp3) is 0.206. The molecular weight excluding hydrogens is 1140 g/mol. The van der Waals surface area contributed by atoms with Crippen molar-refractivity contribution in [1.29, 1.82) is 0 Å². The van der Waals surface area contributed by atoms with Crippen LogP contribution in [-0.2, 0) is 10.8 Å². The summed E-state index contributed by atoms with van der Waals surface area (Å²) in [5.41, 5.74) is 0.945. The van der Waals surface area contributed by atoms with Crippen LogP contribution in [0.3, 0.4) is 0 Å². The van der Waals surface area contributed by atoms with Gasteiger partial charge in [0.2, 0.25) is 0 Å². The Bertz CT molecular complexity index is 3680. The van der Waals surface area contributed by atoms with E-state index < -0.39 is 29.1 Å². The van der Waals surface area contributed by atoms with E-state index in [9.17, 15) is 9.59 Å². The van der Waals surface area contributed by atoms with Crippen LogP contribution in [0, 0.1) is 0 Å². The van der Waals surface area contributed by atoms with Crippen LogP contribution >= 0.6 is 46.4 Å². The van der Waals surface area contributed by atoms with Crippen LogP contribution in [-0.4, -0.2) is 59.9 Å². The van der Waals surface area contributed by atoms with Gasteiger partial charge in [-0.2, -0.15) is 0 Å². The van der Waals surface area contributed by atoms with E-state index in [1.165, 1.54) is 62.4 Å². The van der Waals surface area contributed by atoms with Crippen molar-refractivity contribution in [2.24, 2.45) is 0 Å². The van der Waals surface area contributed by atoms with E-state index in [0.29, 0.717) is 40.1 Å². The van der Waals surface area contributed by atoms with Crippen LogP contribution in [0.5, 0.6) is 34.5 Å².